The third-order valence-electron chi connectivity index (χ3n) is 1.95. The fourth-order valence-electron chi connectivity index (χ4n) is 0.563. The molecule has 0 rings (SSSR count). The standard InChI is InChI=1S/C9H17Cl/c1-6-7-9(5,10)8(2,3)4/h6-7H,1-5H3. The van der Waals surface area contributed by atoms with Crippen molar-refractivity contribution in [1.82, 2.24) is 0 Å². The Morgan fingerprint density at radius 3 is 1.60 bits per heavy atom. The van der Waals surface area contributed by atoms with Crippen molar-refractivity contribution in [2.24, 2.45) is 5.41 Å². The van der Waals surface area contributed by atoms with Crippen molar-refractivity contribution in [3.8, 4) is 0 Å². The Morgan fingerprint density at radius 1 is 1.10 bits per heavy atom. The average molecular weight is 161 g/mol. The SMILES string of the molecule is CC=CC(C)(Cl)C(C)(C)C. The summed E-state index contributed by atoms with van der Waals surface area (Å²) in [5, 5.41) is 0. The van der Waals surface area contributed by atoms with Gasteiger partial charge in [-0.2, -0.15) is 0 Å². The van der Waals surface area contributed by atoms with Crippen LogP contribution in [0, 0.1) is 5.41 Å². The summed E-state index contributed by atoms with van der Waals surface area (Å²) in [6.07, 6.45) is 4.03. The molecule has 0 aromatic carbocycles. The molecule has 0 spiro atoms. The van der Waals surface area contributed by atoms with Crippen molar-refractivity contribution in [3.05, 3.63) is 12.2 Å². The molecule has 0 amide bonds. The molecule has 1 unspecified atom stereocenters. The highest BCUT2D eigenvalue weighted by molar-refractivity contribution is 6.25. The lowest BCUT2D eigenvalue weighted by atomic mass is 9.81. The molecule has 0 aliphatic rings. The molecular formula is C9H17Cl. The van der Waals surface area contributed by atoms with Gasteiger partial charge in [-0.1, -0.05) is 32.9 Å². The Hall–Kier alpha value is 0.0300. The van der Waals surface area contributed by atoms with Crippen LogP contribution in [0.3, 0.4) is 0 Å². The normalized spacial score (nSPS) is 19.4. The van der Waals surface area contributed by atoms with Crippen LogP contribution in [-0.2, 0) is 0 Å². The number of hydrogen-bond donors (Lipinski definition) is 0. The third-order valence-corrected chi connectivity index (χ3v) is 2.64. The molecule has 0 aliphatic carbocycles. The Labute approximate surface area is 69.3 Å². The van der Waals surface area contributed by atoms with Crippen LogP contribution in [0.25, 0.3) is 0 Å². The molecule has 0 aromatic heterocycles. The van der Waals surface area contributed by atoms with E-state index in [9.17, 15) is 0 Å². The van der Waals surface area contributed by atoms with Crippen LogP contribution >= 0.6 is 11.6 Å². The molecule has 0 aliphatic heterocycles. The van der Waals surface area contributed by atoms with E-state index in [0.717, 1.165) is 0 Å². The number of rotatable bonds is 1. The van der Waals surface area contributed by atoms with Gasteiger partial charge in [0.1, 0.15) is 0 Å². The van der Waals surface area contributed by atoms with E-state index < -0.39 is 0 Å². The van der Waals surface area contributed by atoms with Gasteiger partial charge in [0.2, 0.25) is 0 Å². The van der Waals surface area contributed by atoms with E-state index in [1.54, 1.807) is 0 Å². The zero-order valence-electron chi connectivity index (χ0n) is 7.53. The van der Waals surface area contributed by atoms with E-state index >= 15 is 0 Å². The molecule has 0 saturated carbocycles. The average Bonchev–Trinajstić information content (AvgIpc) is 1.61. The van der Waals surface area contributed by atoms with E-state index in [1.807, 2.05) is 26.0 Å². The first-order valence-electron chi connectivity index (χ1n) is 3.64. The Bertz CT molecular complexity index is 126. The van der Waals surface area contributed by atoms with Crippen molar-refractivity contribution >= 4 is 11.6 Å². The lowest BCUT2D eigenvalue weighted by Crippen LogP contribution is -2.31. The number of halogens is 1. The Balaban J connectivity index is 4.40. The maximum atomic E-state index is 6.23. The quantitative estimate of drug-likeness (QED) is 0.406. The lowest BCUT2D eigenvalue weighted by molar-refractivity contribution is 0.341. The largest absolute Gasteiger partial charge is 0.114 e. The van der Waals surface area contributed by atoms with Gasteiger partial charge in [-0.15, -0.1) is 11.6 Å². The van der Waals surface area contributed by atoms with Crippen LogP contribution in [0.4, 0.5) is 0 Å². The van der Waals surface area contributed by atoms with Crippen LogP contribution in [0.5, 0.6) is 0 Å². The summed E-state index contributed by atoms with van der Waals surface area (Å²) >= 11 is 6.23. The highest BCUT2D eigenvalue weighted by Gasteiger charge is 2.32. The van der Waals surface area contributed by atoms with Gasteiger partial charge in [-0.3, -0.25) is 0 Å². The van der Waals surface area contributed by atoms with E-state index in [1.165, 1.54) is 0 Å². The predicted octanol–water partition coefficient (Wildman–Crippen LogP) is 3.61. The molecule has 0 fully saturated rings. The van der Waals surface area contributed by atoms with E-state index in [-0.39, 0.29) is 10.3 Å². The summed E-state index contributed by atoms with van der Waals surface area (Å²) in [5.74, 6) is 0. The van der Waals surface area contributed by atoms with Gasteiger partial charge in [0.05, 0.1) is 4.87 Å². The maximum Gasteiger partial charge on any atom is 0.0645 e. The summed E-state index contributed by atoms with van der Waals surface area (Å²) in [4.78, 5) is -0.220. The molecule has 1 atom stereocenters. The van der Waals surface area contributed by atoms with Gasteiger partial charge in [0.15, 0.2) is 0 Å². The second-order valence-electron chi connectivity index (χ2n) is 3.83. The highest BCUT2D eigenvalue weighted by Crippen LogP contribution is 2.36. The van der Waals surface area contributed by atoms with Crippen molar-refractivity contribution in [2.45, 2.75) is 39.5 Å². The first-order chi connectivity index (χ1) is 4.31. The fourth-order valence-corrected chi connectivity index (χ4v) is 0.689. The van der Waals surface area contributed by atoms with Crippen molar-refractivity contribution in [3.63, 3.8) is 0 Å². The van der Waals surface area contributed by atoms with E-state index in [0.29, 0.717) is 0 Å². The molecular weight excluding hydrogens is 144 g/mol. The van der Waals surface area contributed by atoms with E-state index in [2.05, 4.69) is 20.8 Å². The number of alkyl halides is 1. The first-order valence-corrected chi connectivity index (χ1v) is 4.02. The van der Waals surface area contributed by atoms with Crippen LogP contribution in [0.1, 0.15) is 34.6 Å². The van der Waals surface area contributed by atoms with Gasteiger partial charge in [0.25, 0.3) is 0 Å². The van der Waals surface area contributed by atoms with Crippen molar-refractivity contribution in [1.29, 1.82) is 0 Å². The lowest BCUT2D eigenvalue weighted by Gasteiger charge is -2.33. The van der Waals surface area contributed by atoms with Gasteiger partial charge in [-0.25, -0.2) is 0 Å². The zero-order valence-corrected chi connectivity index (χ0v) is 8.29. The second kappa shape index (κ2) is 2.96. The fraction of sp³-hybridized carbons (Fsp3) is 0.778. The molecule has 0 N–H and O–H groups in total. The third kappa shape index (κ3) is 2.34. The van der Waals surface area contributed by atoms with Gasteiger partial charge < -0.3 is 0 Å². The smallest absolute Gasteiger partial charge is 0.0645 e. The second-order valence-corrected chi connectivity index (χ2v) is 4.61. The minimum Gasteiger partial charge on any atom is -0.114 e. The van der Waals surface area contributed by atoms with Crippen molar-refractivity contribution < 1.29 is 0 Å². The minimum atomic E-state index is -0.220. The summed E-state index contributed by atoms with van der Waals surface area (Å²) in [5.41, 5.74) is 0.126. The maximum absolute atomic E-state index is 6.23. The Kier molecular flexibility index (Phi) is 2.97. The van der Waals surface area contributed by atoms with Crippen LogP contribution in [0.2, 0.25) is 0 Å². The first kappa shape index (κ1) is 10.0. The highest BCUT2D eigenvalue weighted by atomic mass is 35.5. The van der Waals surface area contributed by atoms with Gasteiger partial charge in [-0.05, 0) is 19.3 Å². The molecule has 0 bridgehead atoms. The topological polar surface area (TPSA) is 0 Å². The number of allylic oxidation sites excluding steroid dienone is 2. The van der Waals surface area contributed by atoms with Gasteiger partial charge in [0, 0.05) is 0 Å². The van der Waals surface area contributed by atoms with Crippen LogP contribution < -0.4 is 0 Å². The molecule has 0 saturated heterocycles. The zero-order chi connectivity index (χ0) is 8.41. The minimum absolute atomic E-state index is 0.126. The molecule has 0 heterocycles. The Morgan fingerprint density at radius 2 is 1.50 bits per heavy atom. The van der Waals surface area contributed by atoms with Crippen LogP contribution in [-0.4, -0.2) is 4.87 Å². The molecule has 60 valence electrons. The molecule has 0 nitrogen and oxygen atoms in total. The summed E-state index contributed by atoms with van der Waals surface area (Å²) in [6.45, 7) is 10.4. The monoisotopic (exact) mass is 160 g/mol. The molecule has 10 heavy (non-hydrogen) atoms. The summed E-state index contributed by atoms with van der Waals surface area (Å²) in [6, 6.07) is 0. The predicted molar refractivity (Wildman–Crippen MR) is 48.5 cm³/mol. The molecule has 1 heteroatoms. The molecule has 0 aromatic rings. The molecule has 0 radical (unpaired) electrons. The van der Waals surface area contributed by atoms with Gasteiger partial charge >= 0.3 is 0 Å². The van der Waals surface area contributed by atoms with Crippen LogP contribution in [0.15, 0.2) is 12.2 Å². The van der Waals surface area contributed by atoms with Crippen molar-refractivity contribution in [2.75, 3.05) is 0 Å². The summed E-state index contributed by atoms with van der Waals surface area (Å²) in [7, 11) is 0. The van der Waals surface area contributed by atoms with E-state index in [4.69, 9.17) is 11.6 Å². The number of hydrogen-bond acceptors (Lipinski definition) is 0. The summed E-state index contributed by atoms with van der Waals surface area (Å²) < 4.78 is 0.